The van der Waals surface area contributed by atoms with E-state index in [1.165, 1.54) is 10.4 Å². The highest BCUT2D eigenvalue weighted by Gasteiger charge is 2.15. The van der Waals surface area contributed by atoms with Crippen LogP contribution < -0.4 is 10.2 Å². The number of aryl methyl sites for hydroxylation is 1. The minimum atomic E-state index is 0.348. The van der Waals surface area contributed by atoms with Gasteiger partial charge in [0, 0.05) is 24.2 Å². The van der Waals surface area contributed by atoms with E-state index in [0.29, 0.717) is 6.04 Å². The molecule has 2 rings (SSSR count). The van der Waals surface area contributed by atoms with Gasteiger partial charge in [-0.15, -0.1) is 11.3 Å². The molecule has 0 radical (unpaired) electrons. The van der Waals surface area contributed by atoms with Crippen LogP contribution in [0.15, 0.2) is 29.6 Å². The Morgan fingerprint density at radius 2 is 2.14 bits per heavy atom. The normalized spacial score (nSPS) is 12.4. The van der Waals surface area contributed by atoms with Crippen molar-refractivity contribution in [1.82, 2.24) is 10.3 Å². The number of nitrogens with one attached hydrogen (secondary N) is 1. The van der Waals surface area contributed by atoms with Crippen molar-refractivity contribution >= 4 is 17.2 Å². The summed E-state index contributed by atoms with van der Waals surface area (Å²) in [7, 11) is 2.11. The zero-order valence-corrected chi connectivity index (χ0v) is 14.2. The molecule has 0 saturated carbocycles. The van der Waals surface area contributed by atoms with Gasteiger partial charge in [0.2, 0.25) is 0 Å². The van der Waals surface area contributed by atoms with Gasteiger partial charge in [-0.2, -0.15) is 0 Å². The van der Waals surface area contributed by atoms with Gasteiger partial charge in [0.25, 0.3) is 0 Å². The summed E-state index contributed by atoms with van der Waals surface area (Å²) in [5, 5.41) is 5.56. The van der Waals surface area contributed by atoms with Gasteiger partial charge >= 0.3 is 0 Å². The number of thiophene rings is 1. The van der Waals surface area contributed by atoms with Gasteiger partial charge in [0.15, 0.2) is 0 Å². The highest BCUT2D eigenvalue weighted by Crippen LogP contribution is 2.27. The number of aromatic nitrogens is 1. The second-order valence-corrected chi connectivity index (χ2v) is 6.37. The first-order valence-electron chi connectivity index (χ1n) is 7.57. The van der Waals surface area contributed by atoms with E-state index in [-0.39, 0.29) is 0 Å². The zero-order valence-electron chi connectivity index (χ0n) is 13.4. The summed E-state index contributed by atoms with van der Waals surface area (Å²) in [5.41, 5.74) is 2.39. The number of hydrogen-bond acceptors (Lipinski definition) is 4. The summed E-state index contributed by atoms with van der Waals surface area (Å²) in [6, 6.07) is 8.95. The Morgan fingerprint density at radius 3 is 2.76 bits per heavy atom. The lowest BCUT2D eigenvalue weighted by Crippen LogP contribution is -2.22. The van der Waals surface area contributed by atoms with Gasteiger partial charge in [-0.3, -0.25) is 0 Å². The molecule has 1 unspecified atom stereocenters. The minimum absolute atomic E-state index is 0.348. The molecule has 0 saturated heterocycles. The first-order chi connectivity index (χ1) is 10.1. The second kappa shape index (κ2) is 7.57. The Kier molecular flexibility index (Phi) is 5.76. The summed E-state index contributed by atoms with van der Waals surface area (Å²) in [4.78, 5) is 8.38. The summed E-state index contributed by atoms with van der Waals surface area (Å²) in [6.45, 7) is 8.45. The van der Waals surface area contributed by atoms with E-state index in [2.05, 4.69) is 67.7 Å². The van der Waals surface area contributed by atoms with Crippen molar-refractivity contribution in [2.45, 2.75) is 39.8 Å². The lowest BCUT2D eigenvalue weighted by atomic mass is 10.2. The van der Waals surface area contributed by atoms with Crippen LogP contribution in [0.2, 0.25) is 0 Å². The molecule has 3 nitrogen and oxygen atoms in total. The van der Waals surface area contributed by atoms with Crippen LogP contribution in [-0.2, 0) is 6.54 Å². The maximum Gasteiger partial charge on any atom is 0.129 e. The van der Waals surface area contributed by atoms with Gasteiger partial charge in [0.1, 0.15) is 5.82 Å². The van der Waals surface area contributed by atoms with Crippen LogP contribution in [0.1, 0.15) is 42.4 Å². The third-order valence-corrected chi connectivity index (χ3v) is 4.86. The fourth-order valence-electron chi connectivity index (χ4n) is 2.28. The number of nitrogens with zero attached hydrogens (tertiary/aromatic N) is 2. The van der Waals surface area contributed by atoms with Crippen LogP contribution in [0.3, 0.4) is 0 Å². The molecule has 21 heavy (non-hydrogen) atoms. The molecule has 4 heteroatoms. The average Bonchev–Trinajstić information content (AvgIpc) is 3.02. The minimum Gasteiger partial charge on any atom is -0.352 e. The van der Waals surface area contributed by atoms with Gasteiger partial charge in [-0.05, 0) is 49.9 Å². The summed E-state index contributed by atoms with van der Waals surface area (Å²) in [5.74, 6) is 1.03. The number of anilines is 1. The molecule has 2 aromatic rings. The van der Waals surface area contributed by atoms with E-state index < -0.39 is 0 Å². The molecule has 114 valence electrons. The molecule has 0 aromatic carbocycles. The second-order valence-electron chi connectivity index (χ2n) is 5.39. The van der Waals surface area contributed by atoms with Gasteiger partial charge in [0.05, 0.1) is 6.04 Å². The fraction of sp³-hybridized carbons (Fsp3) is 0.471. The molecule has 0 fully saturated rings. The smallest absolute Gasteiger partial charge is 0.129 e. The third kappa shape index (κ3) is 4.05. The molecule has 0 amide bonds. The summed E-state index contributed by atoms with van der Waals surface area (Å²) < 4.78 is 0. The lowest BCUT2D eigenvalue weighted by Gasteiger charge is -2.25. The predicted octanol–water partition coefficient (Wildman–Crippen LogP) is 4.15. The quantitative estimate of drug-likeness (QED) is 0.779. The average molecular weight is 303 g/mol. The molecule has 0 aliphatic heterocycles. The number of pyridine rings is 1. The van der Waals surface area contributed by atoms with E-state index >= 15 is 0 Å². The van der Waals surface area contributed by atoms with E-state index in [1.54, 1.807) is 11.3 Å². The SMILES string of the molecule is CCCNCc1ccc(N(C)C(C)c2cccs2)nc1C. The Labute approximate surface area is 132 Å². The van der Waals surface area contributed by atoms with Crippen molar-refractivity contribution in [3.63, 3.8) is 0 Å². The van der Waals surface area contributed by atoms with Gasteiger partial charge < -0.3 is 10.2 Å². The standard InChI is InChI=1S/C17H25N3S/c1-5-10-18-12-15-8-9-17(19-13(15)2)20(4)14(3)16-7-6-11-21-16/h6-9,11,14,18H,5,10,12H2,1-4H3. The lowest BCUT2D eigenvalue weighted by molar-refractivity contribution is 0.669. The van der Waals surface area contributed by atoms with Crippen molar-refractivity contribution in [2.75, 3.05) is 18.5 Å². The van der Waals surface area contributed by atoms with Crippen LogP contribution in [0.4, 0.5) is 5.82 Å². The fourth-order valence-corrected chi connectivity index (χ4v) is 3.10. The van der Waals surface area contributed by atoms with Gasteiger partial charge in [-0.1, -0.05) is 19.1 Å². The molecule has 2 aromatic heterocycles. The number of hydrogen-bond donors (Lipinski definition) is 1. The van der Waals surface area contributed by atoms with E-state index in [1.807, 2.05) is 0 Å². The molecule has 0 spiro atoms. The molecule has 0 aliphatic rings. The Hall–Kier alpha value is -1.39. The first-order valence-corrected chi connectivity index (χ1v) is 8.45. The Balaban J connectivity index is 2.08. The highest BCUT2D eigenvalue weighted by molar-refractivity contribution is 7.10. The molecule has 0 bridgehead atoms. The molecule has 2 heterocycles. The van der Waals surface area contributed by atoms with Crippen molar-refractivity contribution < 1.29 is 0 Å². The van der Waals surface area contributed by atoms with Gasteiger partial charge in [-0.25, -0.2) is 4.98 Å². The predicted molar refractivity (Wildman–Crippen MR) is 92.1 cm³/mol. The highest BCUT2D eigenvalue weighted by atomic mass is 32.1. The van der Waals surface area contributed by atoms with Crippen LogP contribution in [0, 0.1) is 6.92 Å². The maximum absolute atomic E-state index is 4.77. The van der Waals surface area contributed by atoms with Crippen LogP contribution in [0.5, 0.6) is 0 Å². The Morgan fingerprint density at radius 1 is 1.33 bits per heavy atom. The van der Waals surface area contributed by atoms with Crippen molar-refractivity contribution in [3.05, 3.63) is 45.8 Å². The van der Waals surface area contributed by atoms with Crippen LogP contribution >= 0.6 is 11.3 Å². The van der Waals surface area contributed by atoms with Crippen molar-refractivity contribution in [2.24, 2.45) is 0 Å². The molecule has 0 aliphatic carbocycles. The van der Waals surface area contributed by atoms with E-state index in [0.717, 1.165) is 31.0 Å². The maximum atomic E-state index is 4.77. The largest absolute Gasteiger partial charge is 0.352 e. The topological polar surface area (TPSA) is 28.2 Å². The molecular formula is C17H25N3S. The molecular weight excluding hydrogens is 278 g/mol. The van der Waals surface area contributed by atoms with E-state index in [9.17, 15) is 0 Å². The van der Waals surface area contributed by atoms with Crippen LogP contribution in [-0.4, -0.2) is 18.6 Å². The summed E-state index contributed by atoms with van der Waals surface area (Å²) >= 11 is 1.80. The van der Waals surface area contributed by atoms with E-state index in [4.69, 9.17) is 4.98 Å². The van der Waals surface area contributed by atoms with Crippen molar-refractivity contribution in [1.29, 1.82) is 0 Å². The summed E-state index contributed by atoms with van der Waals surface area (Å²) in [6.07, 6.45) is 1.16. The monoisotopic (exact) mass is 303 g/mol. The first kappa shape index (κ1) is 16.0. The molecule has 1 N–H and O–H groups in total. The van der Waals surface area contributed by atoms with Crippen LogP contribution in [0.25, 0.3) is 0 Å². The zero-order chi connectivity index (χ0) is 15.2. The number of rotatable bonds is 7. The third-order valence-electron chi connectivity index (χ3n) is 3.82. The molecule has 1 atom stereocenters. The Bertz CT molecular complexity index is 551. The van der Waals surface area contributed by atoms with Crippen molar-refractivity contribution in [3.8, 4) is 0 Å².